The van der Waals surface area contributed by atoms with Crippen LogP contribution in [0.2, 0.25) is 0 Å². The van der Waals surface area contributed by atoms with E-state index in [2.05, 4.69) is 34.6 Å². The Balaban J connectivity index is 1.52. The molecule has 0 amide bonds. The Bertz CT molecular complexity index is 972. The molecule has 6 nitrogen and oxygen atoms in total. The zero-order valence-electron chi connectivity index (χ0n) is 23.1. The average Bonchev–Trinajstić information content (AvgIpc) is 3.17. The van der Waals surface area contributed by atoms with E-state index in [0.29, 0.717) is 31.1 Å². The molecule has 5 aliphatic rings. The molecule has 0 radical (unpaired) electrons. The number of aliphatic carboxylic acids is 2. The molecule has 0 bridgehead atoms. The minimum atomic E-state index is -0.873. The van der Waals surface area contributed by atoms with Gasteiger partial charge in [-0.2, -0.15) is 0 Å². The summed E-state index contributed by atoms with van der Waals surface area (Å²) in [5.41, 5.74) is -0.862. The van der Waals surface area contributed by atoms with E-state index in [4.69, 9.17) is 4.74 Å². The summed E-state index contributed by atoms with van der Waals surface area (Å²) in [6.45, 7) is 13.4. The molecule has 5 rings (SSSR count). The Hall–Kier alpha value is -1.59. The summed E-state index contributed by atoms with van der Waals surface area (Å²) in [5.74, 6) is -1.49. The zero-order valence-corrected chi connectivity index (χ0v) is 23.1. The van der Waals surface area contributed by atoms with Crippen LogP contribution in [0, 0.1) is 56.7 Å². The van der Waals surface area contributed by atoms with Crippen LogP contribution in [-0.2, 0) is 19.1 Å². The average molecular weight is 503 g/mol. The van der Waals surface area contributed by atoms with Crippen LogP contribution in [0.15, 0.2) is 0 Å². The molecule has 10 unspecified atom stereocenters. The van der Waals surface area contributed by atoms with Gasteiger partial charge in [0.25, 0.3) is 0 Å². The molecule has 5 aliphatic carbocycles. The molecule has 0 heterocycles. The summed E-state index contributed by atoms with van der Waals surface area (Å²) >= 11 is 0. The van der Waals surface area contributed by atoms with Gasteiger partial charge in [0, 0.05) is 12.3 Å². The van der Waals surface area contributed by atoms with Crippen LogP contribution < -0.4 is 0 Å². The molecule has 6 heteroatoms. The lowest BCUT2D eigenvalue weighted by Crippen LogP contribution is -2.67. The number of carbonyl (C=O) groups excluding carboxylic acids is 1. The van der Waals surface area contributed by atoms with Crippen molar-refractivity contribution in [2.24, 2.45) is 56.7 Å². The van der Waals surface area contributed by atoms with Crippen molar-refractivity contribution in [1.29, 1.82) is 0 Å². The van der Waals surface area contributed by atoms with Crippen molar-refractivity contribution >= 4 is 17.9 Å². The molecule has 202 valence electrons. The van der Waals surface area contributed by atoms with Crippen molar-refractivity contribution in [2.45, 2.75) is 112 Å². The smallest absolute Gasteiger partial charge is 0.309 e. The van der Waals surface area contributed by atoms with E-state index < -0.39 is 23.3 Å². The first-order chi connectivity index (χ1) is 16.6. The first kappa shape index (κ1) is 26.0. The number of fused-ring (bicyclic) bond motifs is 7. The lowest BCUT2D eigenvalue weighted by molar-refractivity contribution is -0.251. The second kappa shape index (κ2) is 7.96. The lowest BCUT2D eigenvalue weighted by atomic mass is 9.32. The second-order valence-corrected chi connectivity index (χ2v) is 14.6. The summed E-state index contributed by atoms with van der Waals surface area (Å²) in [4.78, 5) is 36.9. The van der Waals surface area contributed by atoms with Gasteiger partial charge in [-0.05, 0) is 104 Å². The molecule has 0 aliphatic heterocycles. The number of hydrogen-bond acceptors (Lipinski definition) is 4. The molecular formula is C30H46O6. The molecule has 36 heavy (non-hydrogen) atoms. The summed E-state index contributed by atoms with van der Waals surface area (Å²) in [7, 11) is 0. The van der Waals surface area contributed by atoms with E-state index in [1.807, 2.05) is 0 Å². The van der Waals surface area contributed by atoms with Crippen LogP contribution in [0.5, 0.6) is 0 Å². The van der Waals surface area contributed by atoms with E-state index in [9.17, 15) is 24.6 Å². The standard InChI is InChI=1S/C30H46O6/c1-17(31)36-22-11-12-27(4)20(26(22,2)3)10-13-29(6)21(27)8-7-19-23-18(24(32)33)9-14-30(23,25(34)35)16-15-28(19,29)5/h18-23H,7-16H2,1-6H3,(H,32,33)(H,34,35). The molecule has 0 aromatic heterocycles. The quantitative estimate of drug-likeness (QED) is 0.448. The highest BCUT2D eigenvalue weighted by atomic mass is 16.5. The van der Waals surface area contributed by atoms with Crippen LogP contribution in [0.3, 0.4) is 0 Å². The van der Waals surface area contributed by atoms with E-state index >= 15 is 0 Å². The van der Waals surface area contributed by atoms with Crippen LogP contribution in [0.4, 0.5) is 0 Å². The highest BCUT2D eigenvalue weighted by Gasteiger charge is 2.72. The molecule has 5 saturated carbocycles. The van der Waals surface area contributed by atoms with Gasteiger partial charge in [0.1, 0.15) is 6.10 Å². The predicted molar refractivity (Wildman–Crippen MR) is 135 cm³/mol. The largest absolute Gasteiger partial charge is 0.481 e. The van der Waals surface area contributed by atoms with Gasteiger partial charge in [0.05, 0.1) is 11.3 Å². The van der Waals surface area contributed by atoms with Crippen molar-refractivity contribution in [3.05, 3.63) is 0 Å². The number of ether oxygens (including phenoxy) is 1. The zero-order chi connectivity index (χ0) is 26.5. The Labute approximate surface area is 215 Å². The van der Waals surface area contributed by atoms with Crippen molar-refractivity contribution < 1.29 is 29.3 Å². The molecule has 0 saturated heterocycles. The maximum Gasteiger partial charge on any atom is 0.309 e. The Morgan fingerprint density at radius 3 is 2.06 bits per heavy atom. The Morgan fingerprint density at radius 1 is 0.750 bits per heavy atom. The second-order valence-electron chi connectivity index (χ2n) is 14.6. The molecule has 0 aromatic carbocycles. The van der Waals surface area contributed by atoms with Crippen LogP contribution >= 0.6 is 0 Å². The number of esters is 1. The molecule has 10 atom stereocenters. The Morgan fingerprint density at radius 2 is 1.44 bits per heavy atom. The third kappa shape index (κ3) is 3.11. The van der Waals surface area contributed by atoms with Gasteiger partial charge in [0.15, 0.2) is 0 Å². The Kier molecular flexibility index (Phi) is 5.75. The van der Waals surface area contributed by atoms with Gasteiger partial charge < -0.3 is 14.9 Å². The van der Waals surface area contributed by atoms with E-state index in [-0.39, 0.29) is 45.6 Å². The van der Waals surface area contributed by atoms with Gasteiger partial charge in [-0.3, -0.25) is 14.4 Å². The summed E-state index contributed by atoms with van der Waals surface area (Å²) in [6.07, 6.45) is 8.47. The maximum atomic E-state index is 12.7. The number of rotatable bonds is 3. The minimum absolute atomic E-state index is 0.0435. The lowest BCUT2D eigenvalue weighted by Gasteiger charge is -2.72. The summed E-state index contributed by atoms with van der Waals surface area (Å²) in [5, 5.41) is 20.5. The first-order valence-electron chi connectivity index (χ1n) is 14.3. The molecule has 2 N–H and O–H groups in total. The fraction of sp³-hybridized carbons (Fsp3) is 0.900. The van der Waals surface area contributed by atoms with Crippen LogP contribution in [0.1, 0.15) is 106 Å². The fourth-order valence-corrected chi connectivity index (χ4v) is 11.6. The van der Waals surface area contributed by atoms with E-state index in [1.54, 1.807) is 0 Å². The number of carbonyl (C=O) groups is 3. The summed E-state index contributed by atoms with van der Waals surface area (Å²) < 4.78 is 5.83. The number of hydrogen-bond donors (Lipinski definition) is 2. The van der Waals surface area contributed by atoms with Gasteiger partial charge in [-0.1, -0.05) is 34.6 Å². The van der Waals surface area contributed by atoms with Crippen molar-refractivity contribution in [2.75, 3.05) is 0 Å². The SMILES string of the molecule is CC(=O)OC1CCC2(C)C(CCC3(C)C2CCC2C4C(C(=O)O)CCC4(C(=O)O)CCC23C)C1(C)C. The minimum Gasteiger partial charge on any atom is -0.481 e. The van der Waals surface area contributed by atoms with Crippen molar-refractivity contribution in [3.8, 4) is 0 Å². The van der Waals surface area contributed by atoms with Crippen molar-refractivity contribution in [3.63, 3.8) is 0 Å². The van der Waals surface area contributed by atoms with E-state index in [0.717, 1.165) is 44.9 Å². The van der Waals surface area contributed by atoms with E-state index in [1.165, 1.54) is 6.92 Å². The van der Waals surface area contributed by atoms with Crippen molar-refractivity contribution in [1.82, 2.24) is 0 Å². The van der Waals surface area contributed by atoms with Crippen LogP contribution in [-0.4, -0.2) is 34.2 Å². The van der Waals surface area contributed by atoms with Crippen LogP contribution in [0.25, 0.3) is 0 Å². The highest BCUT2D eigenvalue weighted by molar-refractivity contribution is 5.79. The molecular weight excluding hydrogens is 456 g/mol. The monoisotopic (exact) mass is 502 g/mol. The van der Waals surface area contributed by atoms with Gasteiger partial charge in [-0.15, -0.1) is 0 Å². The maximum absolute atomic E-state index is 12.7. The van der Waals surface area contributed by atoms with Gasteiger partial charge in [0.2, 0.25) is 0 Å². The topological polar surface area (TPSA) is 101 Å². The van der Waals surface area contributed by atoms with Gasteiger partial charge in [-0.25, -0.2) is 0 Å². The normalized spacial score (nSPS) is 51.2. The third-order valence-corrected chi connectivity index (χ3v) is 13.4. The molecule has 5 fully saturated rings. The molecule has 0 spiro atoms. The van der Waals surface area contributed by atoms with Gasteiger partial charge >= 0.3 is 17.9 Å². The number of carboxylic acids is 2. The fourth-order valence-electron chi connectivity index (χ4n) is 11.6. The first-order valence-corrected chi connectivity index (χ1v) is 14.3. The summed E-state index contributed by atoms with van der Waals surface area (Å²) in [6, 6.07) is 0. The third-order valence-electron chi connectivity index (χ3n) is 13.4. The number of carboxylic acid groups (broad SMARTS) is 2. The molecule has 0 aromatic rings. The predicted octanol–water partition coefficient (Wildman–Crippen LogP) is 6.17. The highest BCUT2D eigenvalue weighted by Crippen LogP contribution is 2.77.